The van der Waals surface area contributed by atoms with Gasteiger partial charge in [-0.25, -0.2) is 4.98 Å². The van der Waals surface area contributed by atoms with Crippen molar-refractivity contribution in [3.63, 3.8) is 0 Å². The molecule has 0 saturated carbocycles. The molecule has 0 aliphatic rings. The Morgan fingerprint density at radius 2 is 2.09 bits per heavy atom. The lowest BCUT2D eigenvalue weighted by atomic mass is 10.2. The average Bonchev–Trinajstić information content (AvgIpc) is 3.17. The first-order chi connectivity index (χ1) is 10.8. The third-order valence-corrected chi connectivity index (χ3v) is 3.99. The fraction of sp³-hybridized carbons (Fsp3) is 0.267. The molecular weight excluding hydrogens is 300 g/mol. The SMILES string of the molecule is COc1ccccc1-c1nnc(CNCc2nc(C)cs2)o1. The maximum atomic E-state index is 5.67. The summed E-state index contributed by atoms with van der Waals surface area (Å²) in [6.07, 6.45) is 0. The molecule has 3 rings (SSSR count). The molecule has 0 saturated heterocycles. The number of benzene rings is 1. The van der Waals surface area contributed by atoms with Crippen molar-refractivity contribution in [2.24, 2.45) is 0 Å². The van der Waals surface area contributed by atoms with Crippen LogP contribution in [0.3, 0.4) is 0 Å². The molecule has 0 aliphatic carbocycles. The van der Waals surface area contributed by atoms with Gasteiger partial charge in [0.15, 0.2) is 0 Å². The molecule has 0 aliphatic heterocycles. The van der Waals surface area contributed by atoms with Gasteiger partial charge < -0.3 is 14.5 Å². The molecule has 1 N–H and O–H groups in total. The first kappa shape index (κ1) is 14.7. The van der Waals surface area contributed by atoms with Gasteiger partial charge in [0.05, 0.1) is 19.2 Å². The summed E-state index contributed by atoms with van der Waals surface area (Å²) in [5.74, 6) is 1.71. The Morgan fingerprint density at radius 3 is 2.86 bits per heavy atom. The van der Waals surface area contributed by atoms with Crippen LogP contribution < -0.4 is 10.1 Å². The molecule has 6 nitrogen and oxygen atoms in total. The van der Waals surface area contributed by atoms with Gasteiger partial charge in [-0.3, -0.25) is 0 Å². The molecule has 114 valence electrons. The Hall–Kier alpha value is -2.25. The van der Waals surface area contributed by atoms with Crippen LogP contribution in [0.15, 0.2) is 34.1 Å². The Bertz CT molecular complexity index is 753. The molecule has 0 amide bonds. The van der Waals surface area contributed by atoms with Crippen molar-refractivity contribution < 1.29 is 9.15 Å². The molecule has 1 aromatic carbocycles. The fourth-order valence-electron chi connectivity index (χ4n) is 2.02. The number of aromatic nitrogens is 3. The Morgan fingerprint density at radius 1 is 1.23 bits per heavy atom. The zero-order chi connectivity index (χ0) is 15.4. The Kier molecular flexibility index (Phi) is 4.45. The third-order valence-electron chi connectivity index (χ3n) is 3.02. The molecule has 7 heteroatoms. The normalized spacial score (nSPS) is 10.8. The topological polar surface area (TPSA) is 73.1 Å². The summed E-state index contributed by atoms with van der Waals surface area (Å²) in [5, 5.41) is 14.4. The van der Waals surface area contributed by atoms with Crippen LogP contribution in [-0.2, 0) is 13.1 Å². The smallest absolute Gasteiger partial charge is 0.251 e. The minimum atomic E-state index is 0.458. The lowest BCUT2D eigenvalue weighted by Gasteiger charge is -2.03. The lowest BCUT2D eigenvalue weighted by molar-refractivity contribution is 0.413. The lowest BCUT2D eigenvalue weighted by Crippen LogP contribution is -2.12. The predicted octanol–water partition coefficient (Wildman–Crippen LogP) is 2.80. The minimum Gasteiger partial charge on any atom is -0.496 e. The highest BCUT2D eigenvalue weighted by Gasteiger charge is 2.12. The van der Waals surface area contributed by atoms with Crippen LogP contribution in [0.1, 0.15) is 16.6 Å². The summed E-state index contributed by atoms with van der Waals surface area (Å²) < 4.78 is 11.0. The number of hydrogen-bond donors (Lipinski definition) is 1. The van der Waals surface area contributed by atoms with E-state index in [1.165, 1.54) is 0 Å². The number of hydrogen-bond acceptors (Lipinski definition) is 7. The van der Waals surface area contributed by atoms with Gasteiger partial charge in [-0.15, -0.1) is 21.5 Å². The van der Waals surface area contributed by atoms with Gasteiger partial charge in [-0.1, -0.05) is 12.1 Å². The first-order valence-corrected chi connectivity index (χ1v) is 7.71. The first-order valence-electron chi connectivity index (χ1n) is 6.84. The highest BCUT2D eigenvalue weighted by Crippen LogP contribution is 2.28. The molecule has 0 radical (unpaired) electrons. The van der Waals surface area contributed by atoms with Crippen molar-refractivity contribution in [2.75, 3.05) is 7.11 Å². The van der Waals surface area contributed by atoms with Crippen LogP contribution in [0.4, 0.5) is 0 Å². The quantitative estimate of drug-likeness (QED) is 0.754. The number of nitrogens with zero attached hydrogens (tertiary/aromatic N) is 3. The van der Waals surface area contributed by atoms with Gasteiger partial charge in [-0.05, 0) is 19.1 Å². The largest absolute Gasteiger partial charge is 0.496 e. The van der Waals surface area contributed by atoms with Crippen LogP contribution >= 0.6 is 11.3 Å². The second kappa shape index (κ2) is 6.67. The standard InChI is InChI=1S/C15H16N4O2S/c1-10-9-22-14(17-10)8-16-7-13-18-19-15(21-13)11-5-3-4-6-12(11)20-2/h3-6,9,16H,7-8H2,1-2H3. The number of ether oxygens (including phenoxy) is 1. The maximum absolute atomic E-state index is 5.67. The van der Waals surface area contributed by atoms with Crippen molar-refractivity contribution in [2.45, 2.75) is 20.0 Å². The van der Waals surface area contributed by atoms with Crippen LogP contribution in [0.25, 0.3) is 11.5 Å². The van der Waals surface area contributed by atoms with E-state index in [-0.39, 0.29) is 0 Å². The molecule has 0 spiro atoms. The molecule has 0 bridgehead atoms. The zero-order valence-electron chi connectivity index (χ0n) is 12.4. The highest BCUT2D eigenvalue weighted by atomic mass is 32.1. The summed E-state index contributed by atoms with van der Waals surface area (Å²) in [4.78, 5) is 4.39. The van der Waals surface area contributed by atoms with E-state index in [0.717, 1.165) is 16.3 Å². The molecule has 22 heavy (non-hydrogen) atoms. The summed E-state index contributed by atoms with van der Waals surface area (Å²) in [5.41, 5.74) is 1.83. The van der Waals surface area contributed by atoms with Crippen LogP contribution in [0.2, 0.25) is 0 Å². The highest BCUT2D eigenvalue weighted by molar-refractivity contribution is 7.09. The summed E-state index contributed by atoms with van der Waals surface area (Å²) >= 11 is 1.63. The van der Waals surface area contributed by atoms with Crippen molar-refractivity contribution in [3.8, 4) is 17.2 Å². The summed E-state index contributed by atoms with van der Waals surface area (Å²) in [6.45, 7) is 3.17. The summed E-state index contributed by atoms with van der Waals surface area (Å²) in [6, 6.07) is 7.56. The van der Waals surface area contributed by atoms with E-state index in [4.69, 9.17) is 9.15 Å². The minimum absolute atomic E-state index is 0.458. The Balaban J connectivity index is 1.64. The van der Waals surface area contributed by atoms with Gasteiger partial charge in [-0.2, -0.15) is 0 Å². The van der Waals surface area contributed by atoms with E-state index < -0.39 is 0 Å². The Labute approximate surface area is 132 Å². The number of para-hydroxylation sites is 1. The number of rotatable bonds is 6. The van der Waals surface area contributed by atoms with E-state index in [0.29, 0.717) is 30.6 Å². The van der Waals surface area contributed by atoms with Gasteiger partial charge in [0, 0.05) is 17.6 Å². The molecule has 0 fully saturated rings. The van der Waals surface area contributed by atoms with Gasteiger partial charge in [0.2, 0.25) is 5.89 Å². The molecule has 0 unspecified atom stereocenters. The summed E-state index contributed by atoms with van der Waals surface area (Å²) in [7, 11) is 1.62. The monoisotopic (exact) mass is 316 g/mol. The second-order valence-corrected chi connectivity index (χ2v) is 5.63. The predicted molar refractivity (Wildman–Crippen MR) is 83.7 cm³/mol. The van der Waals surface area contributed by atoms with E-state index in [9.17, 15) is 0 Å². The van der Waals surface area contributed by atoms with Crippen molar-refractivity contribution in [3.05, 3.63) is 46.2 Å². The second-order valence-electron chi connectivity index (χ2n) is 4.69. The molecule has 0 atom stereocenters. The van der Waals surface area contributed by atoms with E-state index in [1.54, 1.807) is 18.4 Å². The maximum Gasteiger partial charge on any atom is 0.251 e. The number of aryl methyl sites for hydroxylation is 1. The van der Waals surface area contributed by atoms with Gasteiger partial charge in [0.1, 0.15) is 10.8 Å². The molecule has 3 aromatic rings. The molecular formula is C15H16N4O2S. The average molecular weight is 316 g/mol. The van der Waals surface area contributed by atoms with Gasteiger partial charge >= 0.3 is 0 Å². The number of thiazole rings is 1. The van der Waals surface area contributed by atoms with Crippen molar-refractivity contribution in [1.82, 2.24) is 20.5 Å². The van der Waals surface area contributed by atoms with Crippen molar-refractivity contribution in [1.29, 1.82) is 0 Å². The van der Waals surface area contributed by atoms with Crippen molar-refractivity contribution >= 4 is 11.3 Å². The number of nitrogens with one attached hydrogen (secondary N) is 1. The fourth-order valence-corrected chi connectivity index (χ4v) is 2.76. The molecule has 2 heterocycles. The number of methoxy groups -OCH3 is 1. The zero-order valence-corrected chi connectivity index (χ0v) is 13.2. The third kappa shape index (κ3) is 3.32. The van der Waals surface area contributed by atoms with E-state index in [2.05, 4.69) is 20.5 Å². The molecule has 2 aromatic heterocycles. The van der Waals surface area contributed by atoms with Gasteiger partial charge in [0.25, 0.3) is 5.89 Å². The van der Waals surface area contributed by atoms with Crippen LogP contribution in [0.5, 0.6) is 5.75 Å². The van der Waals surface area contributed by atoms with E-state index in [1.807, 2.05) is 36.6 Å². The van der Waals surface area contributed by atoms with Crippen LogP contribution in [0, 0.1) is 6.92 Å². The van der Waals surface area contributed by atoms with Crippen LogP contribution in [-0.4, -0.2) is 22.3 Å². The van der Waals surface area contributed by atoms with E-state index >= 15 is 0 Å².